The van der Waals surface area contributed by atoms with Crippen LogP contribution in [0.1, 0.15) is 61.6 Å². The zero-order valence-corrected chi connectivity index (χ0v) is 23.0. The molecule has 13 heteroatoms. The molecule has 0 radical (unpaired) electrons. The minimum Gasteiger partial charge on any atom is -0.368 e. The number of fused-ring (bicyclic) bond motifs is 1. The van der Waals surface area contributed by atoms with Crippen molar-refractivity contribution < 1.29 is 13.9 Å². The van der Waals surface area contributed by atoms with E-state index in [-0.39, 0.29) is 17.9 Å². The van der Waals surface area contributed by atoms with Crippen LogP contribution >= 0.6 is 0 Å². The van der Waals surface area contributed by atoms with Gasteiger partial charge >= 0.3 is 0 Å². The Morgan fingerprint density at radius 2 is 2.02 bits per heavy atom. The summed E-state index contributed by atoms with van der Waals surface area (Å²) in [5, 5.41) is 17.5. The molecule has 1 saturated carbocycles. The van der Waals surface area contributed by atoms with E-state index >= 15 is 0 Å². The maximum atomic E-state index is 13.5. The van der Waals surface area contributed by atoms with Crippen molar-refractivity contribution >= 4 is 23.1 Å². The van der Waals surface area contributed by atoms with Crippen LogP contribution in [0.25, 0.3) is 11.3 Å². The van der Waals surface area contributed by atoms with E-state index in [2.05, 4.69) is 35.9 Å². The van der Waals surface area contributed by atoms with E-state index in [1.165, 1.54) is 10.9 Å². The van der Waals surface area contributed by atoms with E-state index in [4.69, 9.17) is 9.72 Å². The molecule has 212 valence electrons. The number of hydrogen-bond donors (Lipinski definition) is 3. The van der Waals surface area contributed by atoms with E-state index < -0.39 is 11.4 Å². The number of anilines is 2. The number of ether oxygens (including phenoxy) is 1. The lowest BCUT2D eigenvalue weighted by molar-refractivity contribution is -0.148. The Balaban J connectivity index is 1.14. The number of methoxy groups -OCH3 is 1. The van der Waals surface area contributed by atoms with E-state index in [9.17, 15) is 9.18 Å². The largest absolute Gasteiger partial charge is 0.368 e. The molecule has 1 amide bonds. The zero-order valence-electron chi connectivity index (χ0n) is 23.0. The number of nitrogens with zero attached hydrogens (tertiary/aromatic N) is 7. The van der Waals surface area contributed by atoms with Gasteiger partial charge in [0.1, 0.15) is 23.6 Å². The topological polar surface area (TPSA) is 140 Å². The molecule has 1 aliphatic rings. The van der Waals surface area contributed by atoms with Crippen LogP contribution in [0.3, 0.4) is 0 Å². The summed E-state index contributed by atoms with van der Waals surface area (Å²) in [6.07, 6.45) is 10.1. The van der Waals surface area contributed by atoms with Gasteiger partial charge in [0, 0.05) is 37.1 Å². The number of amides is 1. The maximum absolute atomic E-state index is 13.5. The first-order valence-electron chi connectivity index (χ1n) is 13.5. The Kier molecular flexibility index (Phi) is 6.95. The summed E-state index contributed by atoms with van der Waals surface area (Å²) >= 11 is 0. The summed E-state index contributed by atoms with van der Waals surface area (Å²) in [6, 6.07) is 7.13. The molecule has 1 atom stereocenters. The first-order valence-corrected chi connectivity index (χ1v) is 13.5. The van der Waals surface area contributed by atoms with Crippen molar-refractivity contribution in [1.29, 1.82) is 0 Å². The Hall–Kier alpha value is -4.65. The number of halogens is 1. The molecule has 0 spiro atoms. The molecular formula is C28H31FN10O2. The number of rotatable bonds is 8. The van der Waals surface area contributed by atoms with Gasteiger partial charge in [0.05, 0.1) is 30.1 Å². The van der Waals surface area contributed by atoms with Gasteiger partial charge in [-0.05, 0) is 51.2 Å². The summed E-state index contributed by atoms with van der Waals surface area (Å²) in [5.41, 5.74) is 1.75. The average molecular weight is 559 g/mol. The van der Waals surface area contributed by atoms with Crippen molar-refractivity contribution in [3.63, 3.8) is 0 Å². The normalized spacial score (nSPS) is 19.8. The quantitative estimate of drug-likeness (QED) is 0.258. The van der Waals surface area contributed by atoms with Crippen molar-refractivity contribution in [2.24, 2.45) is 0 Å². The number of aromatic nitrogens is 8. The third-order valence-corrected chi connectivity index (χ3v) is 7.76. The van der Waals surface area contributed by atoms with E-state index in [1.807, 2.05) is 36.4 Å². The number of aryl methyl sites for hydroxylation is 1. The van der Waals surface area contributed by atoms with Gasteiger partial charge in [0.2, 0.25) is 0 Å². The smallest absolute Gasteiger partial charge is 0.252 e. The number of carbonyl (C=O) groups is 1. The second-order valence-electron chi connectivity index (χ2n) is 10.5. The molecule has 41 heavy (non-hydrogen) atoms. The van der Waals surface area contributed by atoms with Crippen LogP contribution < -0.4 is 10.6 Å². The Bertz CT molecular complexity index is 1670. The minimum atomic E-state index is -0.943. The Morgan fingerprint density at radius 3 is 2.68 bits per heavy atom. The van der Waals surface area contributed by atoms with Gasteiger partial charge < -0.3 is 15.4 Å². The first-order chi connectivity index (χ1) is 19.8. The standard InChI is InChI=1S/C28H31FN10O2/c1-17-10-24(37-36-17)34-23-11-22-14-30-16-38(22)26(35-23)19-6-8-28(41-3,9-7-19)27(40)33-18(2)20-4-5-25(31-12-20)39-15-21(29)13-32-39/h4-5,10-16,18-19H,6-9H2,1-3H3,(H,33,40)(H2,34,36,37)/t18-,19?,28?/m0/s1. The Morgan fingerprint density at radius 1 is 1.20 bits per heavy atom. The number of imidazole rings is 1. The fourth-order valence-corrected chi connectivity index (χ4v) is 5.41. The van der Waals surface area contributed by atoms with Crippen LogP contribution in [0, 0.1) is 12.7 Å². The average Bonchev–Trinajstić information content (AvgIpc) is 3.74. The predicted octanol–water partition coefficient (Wildman–Crippen LogP) is 4.14. The zero-order chi connectivity index (χ0) is 28.6. The van der Waals surface area contributed by atoms with Gasteiger partial charge in [-0.1, -0.05) is 6.07 Å². The van der Waals surface area contributed by atoms with Crippen molar-refractivity contribution in [2.45, 2.75) is 57.1 Å². The highest BCUT2D eigenvalue weighted by Crippen LogP contribution is 2.40. The summed E-state index contributed by atoms with van der Waals surface area (Å²) in [7, 11) is 1.59. The SMILES string of the molecule is COC1(C(=O)N[C@@H](C)c2ccc(-n3cc(F)cn3)nc2)CCC(c2nc(Nc3cc(C)[nH]n3)cc3cncn23)CC1. The monoisotopic (exact) mass is 558 g/mol. The van der Waals surface area contributed by atoms with Gasteiger partial charge in [-0.25, -0.2) is 24.0 Å². The third kappa shape index (κ3) is 5.27. The fourth-order valence-electron chi connectivity index (χ4n) is 5.41. The minimum absolute atomic E-state index is 0.117. The number of H-pyrrole nitrogens is 1. The van der Waals surface area contributed by atoms with Gasteiger partial charge in [-0.3, -0.25) is 14.3 Å². The number of aromatic amines is 1. The molecule has 0 aliphatic heterocycles. The van der Waals surface area contributed by atoms with Crippen LogP contribution in [-0.2, 0) is 9.53 Å². The molecular weight excluding hydrogens is 527 g/mol. The van der Waals surface area contributed by atoms with Gasteiger partial charge in [0.15, 0.2) is 17.5 Å². The molecule has 5 aromatic heterocycles. The number of pyridine rings is 1. The highest BCUT2D eigenvalue weighted by molar-refractivity contribution is 5.85. The maximum Gasteiger partial charge on any atom is 0.252 e. The highest BCUT2D eigenvalue weighted by Gasteiger charge is 2.43. The summed E-state index contributed by atoms with van der Waals surface area (Å²) in [4.78, 5) is 27.1. The summed E-state index contributed by atoms with van der Waals surface area (Å²) in [6.45, 7) is 3.84. The van der Waals surface area contributed by atoms with Gasteiger partial charge in [-0.15, -0.1) is 0 Å². The molecule has 1 fully saturated rings. The highest BCUT2D eigenvalue weighted by atomic mass is 19.1. The van der Waals surface area contributed by atoms with Crippen LogP contribution in [-0.4, -0.2) is 57.9 Å². The number of carbonyl (C=O) groups excluding carboxylic acids is 1. The van der Waals surface area contributed by atoms with Crippen molar-refractivity contribution in [1.82, 2.24) is 44.6 Å². The predicted molar refractivity (Wildman–Crippen MR) is 148 cm³/mol. The molecule has 5 aromatic rings. The first kappa shape index (κ1) is 26.6. The van der Waals surface area contributed by atoms with Crippen molar-refractivity contribution in [2.75, 3.05) is 12.4 Å². The molecule has 0 unspecified atom stereocenters. The lowest BCUT2D eigenvalue weighted by atomic mass is 9.77. The second kappa shape index (κ2) is 10.7. The number of nitrogens with one attached hydrogen (secondary N) is 3. The van der Waals surface area contributed by atoms with Crippen LogP contribution in [0.2, 0.25) is 0 Å². The summed E-state index contributed by atoms with van der Waals surface area (Å²) in [5.74, 6) is 2.28. The van der Waals surface area contributed by atoms with Gasteiger partial charge in [-0.2, -0.15) is 10.2 Å². The van der Waals surface area contributed by atoms with Crippen molar-refractivity contribution in [3.8, 4) is 5.82 Å². The van der Waals surface area contributed by atoms with Crippen LogP contribution in [0.15, 0.2) is 55.4 Å². The van der Waals surface area contributed by atoms with Gasteiger partial charge in [0.25, 0.3) is 5.91 Å². The lowest BCUT2D eigenvalue weighted by Gasteiger charge is -2.38. The molecule has 0 saturated heterocycles. The molecule has 5 heterocycles. The lowest BCUT2D eigenvalue weighted by Crippen LogP contribution is -2.51. The summed E-state index contributed by atoms with van der Waals surface area (Å²) < 4.78 is 22.5. The van der Waals surface area contributed by atoms with Crippen molar-refractivity contribution in [3.05, 3.63) is 78.3 Å². The fraction of sp³-hybridized carbons (Fsp3) is 0.357. The van der Waals surface area contributed by atoms with E-state index in [1.54, 1.807) is 31.9 Å². The molecule has 1 aliphatic carbocycles. The van der Waals surface area contributed by atoms with Crippen LogP contribution in [0.4, 0.5) is 16.0 Å². The third-order valence-electron chi connectivity index (χ3n) is 7.76. The molecule has 0 bridgehead atoms. The molecule has 6 rings (SSSR count). The Labute approximate surface area is 235 Å². The molecule has 3 N–H and O–H groups in total. The number of hydrogen-bond acceptors (Lipinski definition) is 8. The van der Waals surface area contributed by atoms with E-state index in [0.29, 0.717) is 30.3 Å². The van der Waals surface area contributed by atoms with E-state index in [0.717, 1.165) is 41.6 Å². The molecule has 12 nitrogen and oxygen atoms in total. The molecule has 0 aromatic carbocycles. The van der Waals surface area contributed by atoms with Crippen LogP contribution in [0.5, 0.6) is 0 Å². The second-order valence-corrected chi connectivity index (χ2v) is 10.5.